The van der Waals surface area contributed by atoms with Crippen LogP contribution in [0.4, 0.5) is 5.95 Å². The molecule has 2 aromatic rings. The van der Waals surface area contributed by atoms with Crippen LogP contribution in [0.1, 0.15) is 29.8 Å². The van der Waals surface area contributed by atoms with Crippen molar-refractivity contribution in [3.8, 4) is 5.75 Å². The molecule has 3 rings (SSSR count). The zero-order valence-corrected chi connectivity index (χ0v) is 16.5. The molecule has 0 aliphatic carbocycles. The van der Waals surface area contributed by atoms with E-state index >= 15 is 0 Å². The van der Waals surface area contributed by atoms with Crippen molar-refractivity contribution in [3.05, 3.63) is 45.7 Å². The third-order valence-electron chi connectivity index (χ3n) is 4.21. The number of rotatable bonds is 6. The van der Waals surface area contributed by atoms with E-state index in [9.17, 15) is 0 Å². The zero-order valence-electron chi connectivity index (χ0n) is 15.0. The normalized spacial score (nSPS) is 16.9. The average molecular weight is 406 g/mol. The minimum Gasteiger partial charge on any atom is -0.489 e. The van der Waals surface area contributed by atoms with Crippen LogP contribution in [0.15, 0.2) is 28.7 Å². The molecule has 1 unspecified atom stereocenters. The van der Waals surface area contributed by atoms with Gasteiger partial charge >= 0.3 is 0 Å². The molecule has 6 heteroatoms. The molecular formula is C19H24BrN3O2. The molecule has 0 N–H and O–H groups in total. The summed E-state index contributed by atoms with van der Waals surface area (Å²) in [5, 5.41) is 0. The molecule has 1 aliphatic heterocycles. The molecule has 0 amide bonds. The summed E-state index contributed by atoms with van der Waals surface area (Å²) in [4.78, 5) is 11.1. The first kappa shape index (κ1) is 18.1. The number of ether oxygens (including phenoxy) is 2. The van der Waals surface area contributed by atoms with Gasteiger partial charge in [0.25, 0.3) is 0 Å². The third kappa shape index (κ3) is 4.70. The van der Waals surface area contributed by atoms with Gasteiger partial charge in [0.1, 0.15) is 12.4 Å². The van der Waals surface area contributed by atoms with Gasteiger partial charge in [-0.25, -0.2) is 9.97 Å². The van der Waals surface area contributed by atoms with Crippen molar-refractivity contribution in [1.29, 1.82) is 0 Å². The quantitative estimate of drug-likeness (QED) is 0.725. The Labute approximate surface area is 157 Å². The monoisotopic (exact) mass is 405 g/mol. The predicted octanol–water partition coefficient (Wildman–Crippen LogP) is 4.05. The largest absolute Gasteiger partial charge is 0.489 e. The second kappa shape index (κ2) is 8.15. The molecule has 0 spiro atoms. The number of para-hydroxylation sites is 1. The van der Waals surface area contributed by atoms with Crippen LogP contribution in [0.3, 0.4) is 0 Å². The van der Waals surface area contributed by atoms with E-state index in [2.05, 4.69) is 32.0 Å². The first-order chi connectivity index (χ1) is 12.0. The lowest BCUT2D eigenvalue weighted by atomic mass is 10.2. The summed E-state index contributed by atoms with van der Waals surface area (Å²) in [7, 11) is 2.00. The van der Waals surface area contributed by atoms with Crippen molar-refractivity contribution in [2.75, 3.05) is 25.2 Å². The van der Waals surface area contributed by atoms with Crippen LogP contribution in [0.25, 0.3) is 0 Å². The maximum absolute atomic E-state index is 6.10. The van der Waals surface area contributed by atoms with Gasteiger partial charge in [0.15, 0.2) is 0 Å². The van der Waals surface area contributed by atoms with Crippen LogP contribution in [-0.4, -0.2) is 36.3 Å². The molecule has 0 bridgehead atoms. The van der Waals surface area contributed by atoms with Crippen LogP contribution in [-0.2, 0) is 11.3 Å². The van der Waals surface area contributed by atoms with Crippen LogP contribution in [0.5, 0.6) is 5.75 Å². The number of halogens is 1. The van der Waals surface area contributed by atoms with Gasteiger partial charge in [0, 0.05) is 37.2 Å². The molecule has 0 radical (unpaired) electrons. The summed E-state index contributed by atoms with van der Waals surface area (Å²) < 4.78 is 12.7. The molecule has 1 aromatic heterocycles. The highest BCUT2D eigenvalue weighted by Crippen LogP contribution is 2.31. The Morgan fingerprint density at radius 2 is 2.04 bits per heavy atom. The van der Waals surface area contributed by atoms with E-state index in [-0.39, 0.29) is 6.10 Å². The minimum atomic E-state index is 0.195. The molecule has 25 heavy (non-hydrogen) atoms. The smallest absolute Gasteiger partial charge is 0.225 e. The Balaban J connectivity index is 1.75. The zero-order chi connectivity index (χ0) is 17.8. The van der Waals surface area contributed by atoms with E-state index in [1.165, 1.54) is 0 Å². The summed E-state index contributed by atoms with van der Waals surface area (Å²) in [5.74, 6) is 1.59. The molecule has 1 saturated heterocycles. The first-order valence-corrected chi connectivity index (χ1v) is 9.37. The standard InChI is InChI=1S/C19H24BrN3O2/c1-13-10-14(2)22-19(21-13)23(3)11-15-6-4-8-17(20)18(15)25-12-16-7-5-9-24-16/h4,6,8,10,16H,5,7,9,11-12H2,1-3H3. The van der Waals surface area contributed by atoms with Crippen molar-refractivity contribution in [2.24, 2.45) is 0 Å². The Kier molecular flexibility index (Phi) is 5.91. The fourth-order valence-electron chi connectivity index (χ4n) is 3.00. The van der Waals surface area contributed by atoms with Crippen LogP contribution < -0.4 is 9.64 Å². The van der Waals surface area contributed by atoms with Gasteiger partial charge in [0.05, 0.1) is 10.6 Å². The van der Waals surface area contributed by atoms with Crippen molar-refractivity contribution in [2.45, 2.75) is 39.3 Å². The molecule has 1 aliphatic rings. The van der Waals surface area contributed by atoms with Crippen molar-refractivity contribution >= 4 is 21.9 Å². The third-order valence-corrected chi connectivity index (χ3v) is 4.83. The predicted molar refractivity (Wildman–Crippen MR) is 102 cm³/mol. The summed E-state index contributed by atoms with van der Waals surface area (Å²) in [6.07, 6.45) is 2.38. The minimum absolute atomic E-state index is 0.195. The Bertz CT molecular complexity index is 712. The highest BCUT2D eigenvalue weighted by molar-refractivity contribution is 9.10. The van der Waals surface area contributed by atoms with Crippen molar-refractivity contribution < 1.29 is 9.47 Å². The maximum atomic E-state index is 6.10. The van der Waals surface area contributed by atoms with E-state index < -0.39 is 0 Å². The van der Waals surface area contributed by atoms with Crippen molar-refractivity contribution in [3.63, 3.8) is 0 Å². The fourth-order valence-corrected chi connectivity index (χ4v) is 3.52. The van der Waals surface area contributed by atoms with E-state index in [4.69, 9.17) is 9.47 Å². The Morgan fingerprint density at radius 1 is 1.28 bits per heavy atom. The highest BCUT2D eigenvalue weighted by Gasteiger charge is 2.18. The average Bonchev–Trinajstić information content (AvgIpc) is 3.07. The fraction of sp³-hybridized carbons (Fsp3) is 0.474. The van der Waals surface area contributed by atoms with E-state index in [0.29, 0.717) is 13.2 Å². The lowest BCUT2D eigenvalue weighted by Gasteiger charge is -2.21. The van der Waals surface area contributed by atoms with Gasteiger partial charge in [-0.1, -0.05) is 12.1 Å². The van der Waals surface area contributed by atoms with Gasteiger partial charge < -0.3 is 14.4 Å². The highest BCUT2D eigenvalue weighted by atomic mass is 79.9. The number of hydrogen-bond donors (Lipinski definition) is 0. The SMILES string of the molecule is Cc1cc(C)nc(N(C)Cc2cccc(Br)c2OCC2CCCO2)n1. The summed E-state index contributed by atoms with van der Waals surface area (Å²) in [6.45, 7) is 6.06. The molecule has 134 valence electrons. The van der Waals surface area contributed by atoms with Crippen molar-refractivity contribution in [1.82, 2.24) is 9.97 Å². The molecule has 0 saturated carbocycles. The molecule has 5 nitrogen and oxygen atoms in total. The van der Waals surface area contributed by atoms with Gasteiger partial charge in [0.2, 0.25) is 5.95 Å². The van der Waals surface area contributed by atoms with E-state index in [0.717, 1.165) is 52.6 Å². The maximum Gasteiger partial charge on any atom is 0.225 e. The van der Waals surface area contributed by atoms with Gasteiger partial charge in [-0.05, 0) is 54.8 Å². The number of benzene rings is 1. The van der Waals surface area contributed by atoms with Crippen LogP contribution in [0.2, 0.25) is 0 Å². The Morgan fingerprint density at radius 3 is 2.72 bits per heavy atom. The number of hydrogen-bond acceptors (Lipinski definition) is 5. The number of aryl methyl sites for hydroxylation is 2. The van der Waals surface area contributed by atoms with E-state index in [1.807, 2.05) is 44.0 Å². The van der Waals surface area contributed by atoms with Gasteiger partial charge in [-0.3, -0.25) is 0 Å². The molecule has 1 aromatic carbocycles. The number of aromatic nitrogens is 2. The summed E-state index contributed by atoms with van der Waals surface area (Å²) in [5.41, 5.74) is 3.04. The number of nitrogens with zero attached hydrogens (tertiary/aromatic N) is 3. The lowest BCUT2D eigenvalue weighted by molar-refractivity contribution is 0.0673. The molecule has 1 atom stereocenters. The molecular weight excluding hydrogens is 382 g/mol. The summed E-state index contributed by atoms with van der Waals surface area (Å²) >= 11 is 3.61. The topological polar surface area (TPSA) is 47.5 Å². The second-order valence-corrected chi connectivity index (χ2v) is 7.34. The molecule has 1 fully saturated rings. The summed E-state index contributed by atoms with van der Waals surface area (Å²) in [6, 6.07) is 8.08. The Hall–Kier alpha value is -1.66. The molecule has 2 heterocycles. The number of anilines is 1. The van der Waals surface area contributed by atoms with Crippen LogP contribution >= 0.6 is 15.9 Å². The van der Waals surface area contributed by atoms with Crippen LogP contribution in [0, 0.1) is 13.8 Å². The second-order valence-electron chi connectivity index (χ2n) is 6.48. The van der Waals surface area contributed by atoms with Gasteiger partial charge in [-0.15, -0.1) is 0 Å². The lowest BCUT2D eigenvalue weighted by Crippen LogP contribution is -2.21. The van der Waals surface area contributed by atoms with E-state index in [1.54, 1.807) is 0 Å². The first-order valence-electron chi connectivity index (χ1n) is 8.58. The van der Waals surface area contributed by atoms with Gasteiger partial charge in [-0.2, -0.15) is 0 Å².